The number of nitrogens with zero attached hydrogens (tertiary/aromatic N) is 3. The van der Waals surface area contributed by atoms with Crippen LogP contribution in [0.15, 0.2) is 58.7 Å². The third-order valence-corrected chi connectivity index (χ3v) is 6.86. The van der Waals surface area contributed by atoms with Crippen LogP contribution in [0.3, 0.4) is 0 Å². The summed E-state index contributed by atoms with van der Waals surface area (Å²) in [7, 11) is 0. The third kappa shape index (κ3) is 6.07. The van der Waals surface area contributed by atoms with Crippen LogP contribution in [0.5, 0.6) is 0 Å². The Kier molecular flexibility index (Phi) is 7.23. The number of amides is 1. The van der Waals surface area contributed by atoms with Crippen LogP contribution in [0.25, 0.3) is 0 Å². The van der Waals surface area contributed by atoms with Crippen molar-refractivity contribution < 1.29 is 13.6 Å². The molecule has 2 aromatic carbocycles. The minimum absolute atomic E-state index is 0.0897. The van der Waals surface area contributed by atoms with E-state index in [0.29, 0.717) is 31.5 Å². The zero-order valence-electron chi connectivity index (χ0n) is 18.6. The van der Waals surface area contributed by atoms with Crippen molar-refractivity contribution in [3.8, 4) is 0 Å². The Hall–Kier alpha value is -3.00. The van der Waals surface area contributed by atoms with E-state index >= 15 is 0 Å². The summed E-state index contributed by atoms with van der Waals surface area (Å²) in [5.74, 6) is -0.662. The van der Waals surface area contributed by atoms with Gasteiger partial charge in [0, 0.05) is 42.6 Å². The molecule has 33 heavy (non-hydrogen) atoms. The largest absolute Gasteiger partial charge is 0.356 e. The zero-order chi connectivity index (χ0) is 23.4. The highest BCUT2D eigenvalue weighted by Crippen LogP contribution is 2.31. The lowest BCUT2D eigenvalue weighted by Gasteiger charge is -2.32. The molecule has 1 aromatic heterocycles. The second-order valence-corrected chi connectivity index (χ2v) is 9.40. The number of hydrogen-bond acceptors (Lipinski definition) is 5. The van der Waals surface area contributed by atoms with E-state index in [-0.39, 0.29) is 18.4 Å². The number of aromatic nitrogens is 2. The highest BCUT2D eigenvalue weighted by atomic mass is 32.2. The van der Waals surface area contributed by atoms with Crippen molar-refractivity contribution in [2.75, 3.05) is 18.0 Å². The fourth-order valence-corrected chi connectivity index (χ4v) is 4.87. The number of nitrogens with one attached hydrogen (secondary N) is 1. The molecule has 1 N–H and O–H groups in total. The van der Waals surface area contributed by atoms with Crippen LogP contribution in [0, 0.1) is 31.4 Å². The zero-order valence-corrected chi connectivity index (χ0v) is 19.5. The standard InChI is InChI=1S/C25H26F2N4OS/c1-16-3-4-17(2)22(9-16)33-24-13-23(29-15-30-24)31-7-5-19(6-8-31)25(32)28-14-18-10-20(26)12-21(27)11-18/h3-4,9-13,15,19H,5-8,14H2,1-2H3,(H,28,32). The summed E-state index contributed by atoms with van der Waals surface area (Å²) in [6, 6.07) is 11.6. The van der Waals surface area contributed by atoms with Crippen LogP contribution in [-0.2, 0) is 11.3 Å². The highest BCUT2D eigenvalue weighted by molar-refractivity contribution is 7.99. The van der Waals surface area contributed by atoms with Crippen molar-refractivity contribution in [3.05, 3.63) is 77.1 Å². The minimum atomic E-state index is -0.646. The van der Waals surface area contributed by atoms with Gasteiger partial charge >= 0.3 is 0 Å². The van der Waals surface area contributed by atoms with E-state index in [1.165, 1.54) is 28.2 Å². The molecular formula is C25H26F2N4OS. The second-order valence-electron chi connectivity index (χ2n) is 8.34. The maximum absolute atomic E-state index is 13.3. The molecule has 1 saturated heterocycles. The van der Waals surface area contributed by atoms with E-state index in [2.05, 4.69) is 52.2 Å². The van der Waals surface area contributed by atoms with Gasteiger partial charge in [-0.15, -0.1) is 0 Å². The van der Waals surface area contributed by atoms with Crippen LogP contribution in [0.4, 0.5) is 14.6 Å². The number of halogens is 2. The molecule has 4 rings (SSSR count). The first-order valence-corrected chi connectivity index (χ1v) is 11.7. The average molecular weight is 469 g/mol. The van der Waals surface area contributed by atoms with Gasteiger partial charge in [0.05, 0.1) is 0 Å². The molecular weight excluding hydrogens is 442 g/mol. The molecule has 1 amide bonds. The Morgan fingerprint density at radius 1 is 1.06 bits per heavy atom. The molecule has 0 unspecified atom stereocenters. The summed E-state index contributed by atoms with van der Waals surface area (Å²) in [6.07, 6.45) is 2.96. The fraction of sp³-hybridized carbons (Fsp3) is 0.320. The van der Waals surface area contributed by atoms with Gasteiger partial charge < -0.3 is 10.2 Å². The molecule has 3 aromatic rings. The van der Waals surface area contributed by atoms with E-state index in [0.717, 1.165) is 16.9 Å². The van der Waals surface area contributed by atoms with Gasteiger partial charge in [-0.2, -0.15) is 0 Å². The summed E-state index contributed by atoms with van der Waals surface area (Å²) < 4.78 is 26.7. The van der Waals surface area contributed by atoms with Gasteiger partial charge in [0.1, 0.15) is 28.8 Å². The first-order chi connectivity index (χ1) is 15.9. The normalized spacial score (nSPS) is 14.4. The van der Waals surface area contributed by atoms with Gasteiger partial charge in [0.2, 0.25) is 5.91 Å². The molecule has 0 spiro atoms. The quantitative estimate of drug-likeness (QED) is 0.513. The number of piperidine rings is 1. The summed E-state index contributed by atoms with van der Waals surface area (Å²) in [6.45, 7) is 5.68. The Morgan fingerprint density at radius 3 is 2.52 bits per heavy atom. The Bertz CT molecular complexity index is 1130. The van der Waals surface area contributed by atoms with Crippen molar-refractivity contribution in [3.63, 3.8) is 0 Å². The minimum Gasteiger partial charge on any atom is -0.356 e. The number of aryl methyl sites for hydroxylation is 2. The van der Waals surface area contributed by atoms with Crippen molar-refractivity contribution in [2.45, 2.75) is 43.2 Å². The monoisotopic (exact) mass is 468 g/mol. The highest BCUT2D eigenvalue weighted by Gasteiger charge is 2.25. The smallest absolute Gasteiger partial charge is 0.223 e. The molecule has 0 radical (unpaired) electrons. The van der Waals surface area contributed by atoms with E-state index in [1.54, 1.807) is 18.1 Å². The van der Waals surface area contributed by atoms with E-state index in [4.69, 9.17) is 0 Å². The summed E-state index contributed by atoms with van der Waals surface area (Å²) in [4.78, 5) is 24.8. The predicted molar refractivity (Wildman–Crippen MR) is 125 cm³/mol. The van der Waals surface area contributed by atoms with E-state index < -0.39 is 11.6 Å². The molecule has 2 heterocycles. The topological polar surface area (TPSA) is 58.1 Å². The van der Waals surface area contributed by atoms with Crippen LogP contribution in [0.1, 0.15) is 29.5 Å². The third-order valence-electron chi connectivity index (χ3n) is 5.76. The molecule has 172 valence electrons. The SMILES string of the molecule is Cc1ccc(C)c(Sc2cc(N3CCC(C(=O)NCc4cc(F)cc(F)c4)CC3)ncn2)c1. The maximum atomic E-state index is 13.3. The summed E-state index contributed by atoms with van der Waals surface area (Å²) >= 11 is 1.62. The molecule has 5 nitrogen and oxygen atoms in total. The van der Waals surface area contributed by atoms with Crippen LogP contribution < -0.4 is 10.2 Å². The van der Waals surface area contributed by atoms with Gasteiger partial charge in [-0.05, 0) is 61.6 Å². The van der Waals surface area contributed by atoms with Gasteiger partial charge in [-0.1, -0.05) is 23.9 Å². The number of rotatable bonds is 6. The number of hydrogen-bond donors (Lipinski definition) is 1. The second kappa shape index (κ2) is 10.3. The van der Waals surface area contributed by atoms with Crippen molar-refractivity contribution in [1.82, 2.24) is 15.3 Å². The van der Waals surface area contributed by atoms with E-state index in [9.17, 15) is 13.6 Å². The van der Waals surface area contributed by atoms with Crippen LogP contribution in [0.2, 0.25) is 0 Å². The maximum Gasteiger partial charge on any atom is 0.223 e. The summed E-state index contributed by atoms with van der Waals surface area (Å²) in [5.41, 5.74) is 2.83. The van der Waals surface area contributed by atoms with Crippen LogP contribution >= 0.6 is 11.8 Å². The lowest BCUT2D eigenvalue weighted by Crippen LogP contribution is -2.40. The molecule has 0 saturated carbocycles. The Labute approximate surface area is 196 Å². The number of carbonyl (C=O) groups is 1. The first kappa shape index (κ1) is 23.2. The van der Waals surface area contributed by atoms with Gasteiger partial charge in [-0.3, -0.25) is 4.79 Å². The molecule has 0 bridgehead atoms. The van der Waals surface area contributed by atoms with Crippen molar-refractivity contribution in [1.29, 1.82) is 0 Å². The van der Waals surface area contributed by atoms with Crippen molar-refractivity contribution in [2.24, 2.45) is 5.92 Å². The van der Waals surface area contributed by atoms with Crippen LogP contribution in [-0.4, -0.2) is 29.0 Å². The summed E-state index contributed by atoms with van der Waals surface area (Å²) in [5, 5.41) is 3.69. The lowest BCUT2D eigenvalue weighted by atomic mass is 9.96. The van der Waals surface area contributed by atoms with Crippen molar-refractivity contribution >= 4 is 23.5 Å². The van der Waals surface area contributed by atoms with Gasteiger partial charge in [0.25, 0.3) is 0 Å². The Morgan fingerprint density at radius 2 is 1.79 bits per heavy atom. The molecule has 8 heteroatoms. The fourth-order valence-electron chi connectivity index (χ4n) is 3.91. The first-order valence-electron chi connectivity index (χ1n) is 10.9. The number of anilines is 1. The predicted octanol–water partition coefficient (Wildman–Crippen LogP) is 5.06. The van der Waals surface area contributed by atoms with Gasteiger partial charge in [-0.25, -0.2) is 18.7 Å². The van der Waals surface area contributed by atoms with Gasteiger partial charge in [0.15, 0.2) is 0 Å². The average Bonchev–Trinajstić information content (AvgIpc) is 2.79. The lowest BCUT2D eigenvalue weighted by molar-refractivity contribution is -0.125. The number of carbonyl (C=O) groups excluding carboxylic acids is 1. The van der Waals surface area contributed by atoms with E-state index in [1.807, 2.05) is 6.07 Å². The molecule has 0 aliphatic carbocycles. The molecule has 0 atom stereocenters. The Balaban J connectivity index is 1.32. The molecule has 1 aliphatic heterocycles. The molecule has 1 aliphatic rings. The molecule has 1 fully saturated rings. The number of benzene rings is 2.